The number of carbonyl (C=O) groups is 2. The largest absolute Gasteiger partial charge is 0.419 e. The van der Waals surface area contributed by atoms with Crippen molar-refractivity contribution in [3.8, 4) is 11.5 Å². The summed E-state index contributed by atoms with van der Waals surface area (Å²) in [5.41, 5.74) is 1.49. The van der Waals surface area contributed by atoms with Crippen LogP contribution >= 0.6 is 23.4 Å². The minimum Gasteiger partial charge on any atom is -0.419 e. The van der Waals surface area contributed by atoms with E-state index in [1.807, 2.05) is 48.7 Å². The van der Waals surface area contributed by atoms with Crippen molar-refractivity contribution in [2.75, 3.05) is 17.7 Å². The first kappa shape index (κ1) is 22.0. The van der Waals surface area contributed by atoms with Gasteiger partial charge in [-0.3, -0.25) is 9.59 Å². The number of rotatable bonds is 7. The van der Waals surface area contributed by atoms with Crippen molar-refractivity contribution in [2.45, 2.75) is 36.7 Å². The number of anilines is 1. The van der Waals surface area contributed by atoms with E-state index in [4.69, 9.17) is 16.0 Å². The van der Waals surface area contributed by atoms with Crippen LogP contribution in [0.4, 0.5) is 5.69 Å². The average Bonchev–Trinajstić information content (AvgIpc) is 3.44. The average molecular weight is 483 g/mol. The first-order valence-corrected chi connectivity index (χ1v) is 12.5. The second kappa shape index (κ2) is 9.19. The van der Waals surface area contributed by atoms with Gasteiger partial charge in [-0.25, -0.2) is 0 Å². The van der Waals surface area contributed by atoms with E-state index in [2.05, 4.69) is 10.2 Å². The van der Waals surface area contributed by atoms with Crippen LogP contribution in [0.2, 0.25) is 5.02 Å². The van der Waals surface area contributed by atoms with Crippen LogP contribution in [0.15, 0.2) is 57.8 Å². The van der Waals surface area contributed by atoms with Gasteiger partial charge in [-0.15, -0.1) is 22.0 Å². The molecule has 170 valence electrons. The minimum atomic E-state index is -0.387. The van der Waals surface area contributed by atoms with E-state index in [0.29, 0.717) is 28.9 Å². The number of aromatic nitrogens is 2. The van der Waals surface area contributed by atoms with Crippen LogP contribution < -0.4 is 4.90 Å². The topological polar surface area (TPSA) is 79.5 Å². The van der Waals surface area contributed by atoms with Crippen molar-refractivity contribution in [2.24, 2.45) is 5.92 Å². The van der Waals surface area contributed by atoms with E-state index in [1.165, 1.54) is 0 Å². The molecule has 0 unspecified atom stereocenters. The first-order valence-electron chi connectivity index (χ1n) is 10.9. The Kier molecular flexibility index (Phi) is 6.12. The molecule has 0 radical (unpaired) electrons. The van der Waals surface area contributed by atoms with Gasteiger partial charge in [-0.05, 0) is 49.4 Å². The normalized spacial score (nSPS) is 18.1. The van der Waals surface area contributed by atoms with E-state index in [-0.39, 0.29) is 36.7 Å². The molecule has 5 rings (SSSR count). The van der Waals surface area contributed by atoms with E-state index in [0.717, 1.165) is 23.4 Å². The lowest BCUT2D eigenvalue weighted by Gasteiger charge is -2.24. The van der Waals surface area contributed by atoms with Gasteiger partial charge in [0.15, 0.2) is 0 Å². The van der Waals surface area contributed by atoms with Crippen molar-refractivity contribution in [3.05, 3.63) is 59.4 Å². The predicted octanol–water partition coefficient (Wildman–Crippen LogP) is 4.66. The maximum Gasteiger partial charge on any atom is 0.249 e. The Morgan fingerprint density at radius 1 is 1.21 bits per heavy atom. The van der Waals surface area contributed by atoms with E-state index >= 15 is 0 Å². The van der Waals surface area contributed by atoms with Gasteiger partial charge in [-0.1, -0.05) is 29.8 Å². The van der Waals surface area contributed by atoms with Crippen molar-refractivity contribution >= 4 is 40.9 Å². The molecule has 2 fully saturated rings. The molecule has 2 aromatic carbocycles. The van der Waals surface area contributed by atoms with Gasteiger partial charge < -0.3 is 14.2 Å². The van der Waals surface area contributed by atoms with Crippen molar-refractivity contribution in [3.63, 3.8) is 0 Å². The van der Waals surface area contributed by atoms with Gasteiger partial charge in [0.25, 0.3) is 0 Å². The monoisotopic (exact) mass is 482 g/mol. The predicted molar refractivity (Wildman–Crippen MR) is 127 cm³/mol. The molecule has 1 aromatic heterocycles. The van der Waals surface area contributed by atoms with Crippen LogP contribution in [0.5, 0.6) is 0 Å². The molecule has 2 heterocycles. The van der Waals surface area contributed by atoms with E-state index in [9.17, 15) is 9.59 Å². The fourth-order valence-corrected chi connectivity index (χ4v) is 4.79. The highest BCUT2D eigenvalue weighted by atomic mass is 35.5. The molecule has 0 N–H and O–H groups in total. The number of halogens is 1. The summed E-state index contributed by atoms with van der Waals surface area (Å²) in [6, 6.07) is 15.3. The molecule has 1 aliphatic carbocycles. The Balaban J connectivity index is 1.31. The van der Waals surface area contributed by atoms with Crippen LogP contribution in [0.25, 0.3) is 11.5 Å². The highest BCUT2D eigenvalue weighted by molar-refractivity contribution is 7.98. The third kappa shape index (κ3) is 4.63. The molecule has 2 aliphatic rings. The summed E-state index contributed by atoms with van der Waals surface area (Å²) in [6.45, 7) is 0.612. The molecular weight excluding hydrogens is 460 g/mol. The molecule has 33 heavy (non-hydrogen) atoms. The zero-order chi connectivity index (χ0) is 22.9. The van der Waals surface area contributed by atoms with Crippen LogP contribution in [0.3, 0.4) is 0 Å². The fraction of sp³-hybridized carbons (Fsp3) is 0.333. The lowest BCUT2D eigenvalue weighted by molar-refractivity contribution is -0.137. The van der Waals surface area contributed by atoms with Crippen molar-refractivity contribution in [1.29, 1.82) is 0 Å². The number of nitrogens with zero attached hydrogens (tertiary/aromatic N) is 4. The number of hydrogen-bond donors (Lipinski definition) is 0. The van der Waals surface area contributed by atoms with Gasteiger partial charge in [0.2, 0.25) is 23.6 Å². The van der Waals surface area contributed by atoms with E-state index < -0.39 is 0 Å². The maximum atomic E-state index is 13.4. The molecular formula is C24H23ClN4O3S. The summed E-state index contributed by atoms with van der Waals surface area (Å²) in [4.78, 5) is 30.8. The number of hydrogen-bond acceptors (Lipinski definition) is 6. The Morgan fingerprint density at radius 3 is 2.79 bits per heavy atom. The minimum absolute atomic E-state index is 0.0267. The maximum absolute atomic E-state index is 13.4. The van der Waals surface area contributed by atoms with Crippen LogP contribution in [0.1, 0.15) is 25.2 Å². The molecule has 1 saturated carbocycles. The SMILES string of the molecule is CSc1cccc(N2C[C@H](C(=O)N(Cc3nnc(-c4ccccc4Cl)o3)C3CC3)CC2=O)c1. The zero-order valence-electron chi connectivity index (χ0n) is 18.1. The van der Waals surface area contributed by atoms with Gasteiger partial charge >= 0.3 is 0 Å². The highest BCUT2D eigenvalue weighted by Gasteiger charge is 2.42. The second-order valence-corrected chi connectivity index (χ2v) is 9.57. The fourth-order valence-electron chi connectivity index (χ4n) is 4.12. The lowest BCUT2D eigenvalue weighted by atomic mass is 10.1. The lowest BCUT2D eigenvalue weighted by Crippen LogP contribution is -2.38. The third-order valence-electron chi connectivity index (χ3n) is 5.99. The molecule has 7 nitrogen and oxygen atoms in total. The van der Waals surface area contributed by atoms with Gasteiger partial charge in [0.05, 0.1) is 23.0 Å². The Morgan fingerprint density at radius 2 is 2.03 bits per heavy atom. The summed E-state index contributed by atoms with van der Waals surface area (Å²) in [5, 5.41) is 8.78. The molecule has 1 saturated heterocycles. The Labute approximate surface area is 201 Å². The summed E-state index contributed by atoms with van der Waals surface area (Å²) in [7, 11) is 0. The van der Waals surface area contributed by atoms with Crippen LogP contribution in [-0.4, -0.2) is 45.8 Å². The molecule has 1 atom stereocenters. The number of amides is 2. The standard InChI is InChI=1S/C24H23ClN4O3S/c1-33-18-6-4-5-17(12-18)28-13-15(11-22(28)30)24(31)29(16-9-10-16)14-21-26-27-23(32-21)19-7-2-3-8-20(19)25/h2-8,12,15-16H,9-11,13-14H2,1H3/t15-/m1/s1. The van der Waals surface area contributed by atoms with Gasteiger partial charge in [0.1, 0.15) is 0 Å². The molecule has 2 amide bonds. The van der Waals surface area contributed by atoms with Crippen molar-refractivity contribution in [1.82, 2.24) is 15.1 Å². The third-order valence-corrected chi connectivity index (χ3v) is 7.04. The molecule has 3 aromatic rings. The summed E-state index contributed by atoms with van der Waals surface area (Å²) in [5.74, 6) is 0.240. The van der Waals surface area contributed by atoms with Crippen molar-refractivity contribution < 1.29 is 14.0 Å². The summed E-state index contributed by atoms with van der Waals surface area (Å²) < 4.78 is 5.83. The summed E-state index contributed by atoms with van der Waals surface area (Å²) in [6.07, 6.45) is 4.09. The van der Waals surface area contributed by atoms with Crippen LogP contribution in [-0.2, 0) is 16.1 Å². The van der Waals surface area contributed by atoms with Gasteiger partial charge in [0, 0.05) is 29.6 Å². The smallest absolute Gasteiger partial charge is 0.249 e. The Bertz CT molecular complexity index is 1200. The summed E-state index contributed by atoms with van der Waals surface area (Å²) >= 11 is 7.86. The van der Waals surface area contributed by atoms with E-state index in [1.54, 1.807) is 27.6 Å². The second-order valence-electron chi connectivity index (χ2n) is 8.28. The highest BCUT2D eigenvalue weighted by Crippen LogP contribution is 2.34. The first-order chi connectivity index (χ1) is 16.0. The molecule has 0 bridgehead atoms. The number of thioether (sulfide) groups is 1. The van der Waals surface area contributed by atoms with Crippen LogP contribution in [0, 0.1) is 5.92 Å². The molecule has 0 spiro atoms. The zero-order valence-corrected chi connectivity index (χ0v) is 19.7. The Hall–Kier alpha value is -2.84. The quantitative estimate of drug-likeness (QED) is 0.456. The number of benzene rings is 2. The number of carbonyl (C=O) groups excluding carboxylic acids is 2. The van der Waals surface area contributed by atoms with Gasteiger partial charge in [-0.2, -0.15) is 0 Å². The molecule has 1 aliphatic heterocycles. The molecule has 9 heteroatoms.